The molecule has 1 fully saturated rings. The number of aromatic nitrogens is 2. The van der Waals surface area contributed by atoms with Crippen molar-refractivity contribution in [2.75, 3.05) is 12.9 Å². The number of amides is 1. The minimum atomic E-state index is -1.12. The molecule has 0 bridgehead atoms. The highest BCUT2D eigenvalue weighted by Gasteiger charge is 2.60. The number of hydrogen-bond acceptors (Lipinski definition) is 6. The van der Waals surface area contributed by atoms with Crippen molar-refractivity contribution < 1.29 is 29.5 Å². The Bertz CT molecular complexity index is 1010. The number of fused-ring (bicyclic) bond motifs is 2. The molecule has 1 amide bonds. The molecule has 2 aromatic heterocycles. The number of β-lactam (4-membered cyclic amide) rings is 1. The molecule has 0 spiro atoms. The number of aliphatic carboxylic acids is 1. The normalized spacial score (nSPS) is 25.4. The van der Waals surface area contributed by atoms with E-state index in [2.05, 4.69) is 0 Å². The second kappa shape index (κ2) is 6.87. The summed E-state index contributed by atoms with van der Waals surface area (Å²) in [7, 11) is 0. The predicted octanol–water partition coefficient (Wildman–Crippen LogP) is 0.656. The van der Waals surface area contributed by atoms with Gasteiger partial charge in [-0.25, -0.2) is 9.36 Å². The van der Waals surface area contributed by atoms with Gasteiger partial charge >= 0.3 is 5.97 Å². The van der Waals surface area contributed by atoms with Crippen molar-refractivity contribution in [2.45, 2.75) is 37.6 Å². The molecule has 0 radical (unpaired) electrons. The number of nitrogens with zero attached hydrogens (tertiary/aromatic N) is 3. The summed E-state index contributed by atoms with van der Waals surface area (Å²) in [6, 6.07) is -0.325. The minimum Gasteiger partial charge on any atom is -0.477 e. The minimum absolute atomic E-state index is 0.0258. The molecule has 4 atom stereocenters. The number of thioether (sulfide) groups is 1. The van der Waals surface area contributed by atoms with E-state index in [0.29, 0.717) is 12.1 Å². The Kier molecular flexibility index (Phi) is 4.77. The predicted molar refractivity (Wildman–Crippen MR) is 104 cm³/mol. The Morgan fingerprint density at radius 1 is 1.46 bits per heavy atom. The molecule has 4 rings (SSSR count). The average Bonchev–Trinajstić information content (AvgIpc) is 3.22. The van der Waals surface area contributed by atoms with Crippen LogP contribution >= 0.6 is 23.1 Å². The van der Waals surface area contributed by atoms with Crippen LogP contribution in [0, 0.1) is 11.8 Å². The molecule has 8 nitrogen and oxygen atoms in total. The Balaban J connectivity index is 1.83. The summed E-state index contributed by atoms with van der Waals surface area (Å²) in [4.78, 5) is 27.6. The molecule has 2 aliphatic heterocycles. The van der Waals surface area contributed by atoms with E-state index in [4.69, 9.17) is 0 Å². The van der Waals surface area contributed by atoms with Gasteiger partial charge in [-0.1, -0.05) is 30.0 Å². The highest BCUT2D eigenvalue weighted by molar-refractivity contribution is 7.98. The second-order valence-corrected chi connectivity index (χ2v) is 9.00. The molecule has 0 saturated carbocycles. The van der Waals surface area contributed by atoms with Gasteiger partial charge in [0.25, 0.3) is 6.33 Å². The maximum Gasteiger partial charge on any atom is 0.352 e. The highest BCUT2D eigenvalue weighted by Crippen LogP contribution is 2.51. The van der Waals surface area contributed by atoms with E-state index in [9.17, 15) is 24.9 Å². The third kappa shape index (κ3) is 2.55. The first-order valence-electron chi connectivity index (χ1n) is 8.99. The van der Waals surface area contributed by atoms with Gasteiger partial charge in [-0.3, -0.25) is 4.79 Å². The molecule has 10 heteroatoms. The van der Waals surface area contributed by atoms with Gasteiger partial charge in [0.15, 0.2) is 0 Å². The zero-order valence-corrected chi connectivity index (χ0v) is 17.3. The van der Waals surface area contributed by atoms with Crippen LogP contribution in [-0.2, 0) is 16.1 Å². The summed E-state index contributed by atoms with van der Waals surface area (Å²) in [5, 5.41) is 30.0. The lowest BCUT2D eigenvalue weighted by Gasteiger charge is -2.46. The second-order valence-electron chi connectivity index (χ2n) is 7.17. The summed E-state index contributed by atoms with van der Waals surface area (Å²) in [5.41, 5.74) is 0.668. The van der Waals surface area contributed by atoms with E-state index < -0.39 is 18.0 Å². The third-order valence-corrected chi connectivity index (χ3v) is 7.67. The van der Waals surface area contributed by atoms with Crippen LogP contribution in [0.4, 0.5) is 0 Å². The smallest absolute Gasteiger partial charge is 0.352 e. The molecular formula is C18H22N3O5S2+. The Labute approximate surface area is 169 Å². The van der Waals surface area contributed by atoms with Crippen molar-refractivity contribution in [3.05, 3.63) is 23.1 Å². The summed E-state index contributed by atoms with van der Waals surface area (Å²) in [6.07, 6.45) is 4.91. The molecule has 0 aromatic carbocycles. The number of thiazole rings is 1. The van der Waals surface area contributed by atoms with E-state index in [1.54, 1.807) is 18.7 Å². The zero-order chi connectivity index (χ0) is 20.3. The first-order chi connectivity index (χ1) is 13.3. The summed E-state index contributed by atoms with van der Waals surface area (Å²) >= 11 is 3.04. The Hall–Kier alpha value is -1.88. The molecule has 28 heavy (non-hydrogen) atoms. The van der Waals surface area contributed by atoms with Crippen molar-refractivity contribution in [3.63, 3.8) is 0 Å². The standard InChI is InChI=1S/C18H21N3O5S2/c1-8-11(14(18(25)26)21-13(8)12(9(2)23)15(21)24)10-6-20-7-19(4-5-22)16(27-3)17(20)28-10/h6-9,12-13,22-23H,4-5H2,1-3H3/p+1/t8-,9+,12+,13+/m0/s1. The Morgan fingerprint density at radius 3 is 2.75 bits per heavy atom. The number of carbonyl (C=O) groups is 2. The van der Waals surface area contributed by atoms with Gasteiger partial charge in [-0.15, -0.1) is 0 Å². The molecule has 3 N–H and O–H groups in total. The maximum absolute atomic E-state index is 12.5. The van der Waals surface area contributed by atoms with Gasteiger partial charge in [-0.05, 0) is 13.2 Å². The Morgan fingerprint density at radius 2 is 2.18 bits per heavy atom. The number of carboxylic acids is 1. The summed E-state index contributed by atoms with van der Waals surface area (Å²) in [6.45, 7) is 4.01. The fourth-order valence-corrected chi connectivity index (χ4v) is 6.63. The summed E-state index contributed by atoms with van der Waals surface area (Å²) < 4.78 is 3.90. The van der Waals surface area contributed by atoms with Crippen LogP contribution in [0.1, 0.15) is 18.7 Å². The first-order valence-corrected chi connectivity index (χ1v) is 11.0. The van der Waals surface area contributed by atoms with Gasteiger partial charge in [0, 0.05) is 11.5 Å². The largest absolute Gasteiger partial charge is 0.477 e. The SMILES string of the molecule is CSc1c2sc(C3=C(C(=O)O)N4C(=O)[C@H]([C@@H](C)O)[C@H]4[C@H]3C)cn2c[n+]1CCO. The van der Waals surface area contributed by atoms with Crippen molar-refractivity contribution in [3.8, 4) is 0 Å². The van der Waals surface area contributed by atoms with Crippen LogP contribution in [0.2, 0.25) is 0 Å². The van der Waals surface area contributed by atoms with Crippen molar-refractivity contribution in [1.29, 1.82) is 0 Å². The number of aliphatic hydroxyl groups excluding tert-OH is 2. The average molecular weight is 425 g/mol. The van der Waals surface area contributed by atoms with Gasteiger partial charge in [-0.2, -0.15) is 4.40 Å². The molecule has 2 aromatic rings. The lowest BCUT2D eigenvalue weighted by atomic mass is 9.77. The van der Waals surface area contributed by atoms with E-state index in [1.807, 2.05) is 34.7 Å². The zero-order valence-electron chi connectivity index (χ0n) is 15.7. The maximum atomic E-state index is 12.5. The fraction of sp³-hybridized carbons (Fsp3) is 0.500. The van der Waals surface area contributed by atoms with E-state index >= 15 is 0 Å². The lowest BCUT2D eigenvalue weighted by molar-refractivity contribution is -0.730. The monoisotopic (exact) mass is 424 g/mol. The molecule has 0 aliphatic carbocycles. The number of imidazole rings is 1. The van der Waals surface area contributed by atoms with Crippen LogP contribution in [-0.4, -0.2) is 61.5 Å². The summed E-state index contributed by atoms with van der Waals surface area (Å²) in [5.74, 6) is -2.21. The van der Waals surface area contributed by atoms with Gasteiger partial charge in [0.2, 0.25) is 15.8 Å². The number of carboxylic acid groups (broad SMARTS) is 1. The molecule has 4 heterocycles. The van der Waals surface area contributed by atoms with Crippen molar-refractivity contribution in [1.82, 2.24) is 9.30 Å². The van der Waals surface area contributed by atoms with Crippen LogP contribution < -0.4 is 4.57 Å². The number of hydrogen-bond donors (Lipinski definition) is 3. The number of aliphatic hydroxyl groups is 2. The first kappa shape index (κ1) is 19.4. The van der Waals surface area contributed by atoms with Crippen LogP contribution in [0.5, 0.6) is 0 Å². The molecule has 0 unspecified atom stereocenters. The molecular weight excluding hydrogens is 402 g/mol. The van der Waals surface area contributed by atoms with Crippen LogP contribution in [0.25, 0.3) is 10.4 Å². The highest BCUT2D eigenvalue weighted by atomic mass is 32.2. The van der Waals surface area contributed by atoms with Crippen molar-refractivity contribution >= 4 is 45.4 Å². The van der Waals surface area contributed by atoms with E-state index in [-0.39, 0.29) is 30.2 Å². The van der Waals surface area contributed by atoms with E-state index in [0.717, 1.165) is 14.7 Å². The van der Waals surface area contributed by atoms with Crippen LogP contribution in [0.15, 0.2) is 23.2 Å². The molecule has 2 aliphatic rings. The quantitative estimate of drug-likeness (QED) is 0.357. The number of rotatable bonds is 6. The number of carbonyl (C=O) groups excluding carboxylic acids is 1. The van der Waals surface area contributed by atoms with Gasteiger partial charge < -0.3 is 20.2 Å². The van der Waals surface area contributed by atoms with Gasteiger partial charge in [0.1, 0.15) is 18.4 Å². The third-order valence-electron chi connectivity index (χ3n) is 5.58. The van der Waals surface area contributed by atoms with Crippen LogP contribution in [0.3, 0.4) is 0 Å². The van der Waals surface area contributed by atoms with E-state index in [1.165, 1.54) is 16.2 Å². The fourth-order valence-electron chi connectivity index (χ4n) is 4.42. The lowest BCUT2D eigenvalue weighted by Crippen LogP contribution is -2.63. The van der Waals surface area contributed by atoms with Crippen molar-refractivity contribution in [2.24, 2.45) is 11.8 Å². The molecule has 150 valence electrons. The van der Waals surface area contributed by atoms with Gasteiger partial charge in [0.05, 0.1) is 29.5 Å². The molecule has 1 saturated heterocycles. The topological polar surface area (TPSA) is 106 Å².